The second-order valence-corrected chi connectivity index (χ2v) is 11.9. The van der Waals surface area contributed by atoms with Crippen molar-refractivity contribution >= 4 is 5.78 Å². The number of carbonyl (C=O) groups excluding carboxylic acids is 1. The van der Waals surface area contributed by atoms with E-state index < -0.39 is 0 Å². The first-order valence-electron chi connectivity index (χ1n) is 12.5. The summed E-state index contributed by atoms with van der Waals surface area (Å²) in [6, 6.07) is 4.36. The average molecular weight is 443 g/mol. The Balaban J connectivity index is 1.68. The van der Waals surface area contributed by atoms with Gasteiger partial charge in [-0.2, -0.15) is 0 Å². The molecule has 5 nitrogen and oxygen atoms in total. The van der Waals surface area contributed by atoms with Gasteiger partial charge in [-0.1, -0.05) is 34.1 Å². The highest BCUT2D eigenvalue weighted by molar-refractivity contribution is 5.99. The summed E-state index contributed by atoms with van der Waals surface area (Å²) in [7, 11) is 2.19. The lowest BCUT2D eigenvalue weighted by molar-refractivity contribution is -0.107. The minimum atomic E-state index is -0.0977. The Kier molecular flexibility index (Phi) is 6.36. The molecule has 3 aliphatic rings. The first-order chi connectivity index (χ1) is 15.0. The molecule has 2 aliphatic carbocycles. The van der Waals surface area contributed by atoms with Crippen LogP contribution in [0, 0.1) is 34.5 Å². The summed E-state index contributed by atoms with van der Waals surface area (Å²) < 4.78 is 0. The molecular weight excluding hydrogens is 400 g/mol. The van der Waals surface area contributed by atoms with Crippen molar-refractivity contribution < 1.29 is 15.0 Å². The highest BCUT2D eigenvalue weighted by atomic mass is 16.3. The van der Waals surface area contributed by atoms with E-state index in [9.17, 15) is 15.0 Å². The van der Waals surface area contributed by atoms with E-state index in [2.05, 4.69) is 44.5 Å². The molecule has 0 bridgehead atoms. The van der Waals surface area contributed by atoms with Crippen molar-refractivity contribution in [1.82, 2.24) is 9.80 Å². The molecule has 1 heterocycles. The first-order valence-corrected chi connectivity index (χ1v) is 12.5. The molecule has 1 aromatic rings. The fourth-order valence-electron chi connectivity index (χ4n) is 7.57. The first kappa shape index (κ1) is 23.6. The third kappa shape index (κ3) is 4.31. The Morgan fingerprint density at radius 3 is 2.28 bits per heavy atom. The van der Waals surface area contributed by atoms with E-state index in [4.69, 9.17) is 0 Å². The zero-order valence-corrected chi connectivity index (χ0v) is 20.6. The highest BCUT2D eigenvalue weighted by Crippen LogP contribution is 2.63. The van der Waals surface area contributed by atoms with Crippen molar-refractivity contribution in [2.75, 3.05) is 39.8 Å². The number of aromatic hydroxyl groups is 2. The van der Waals surface area contributed by atoms with E-state index >= 15 is 0 Å². The van der Waals surface area contributed by atoms with Gasteiger partial charge in [0.2, 0.25) is 0 Å². The van der Waals surface area contributed by atoms with Crippen LogP contribution in [0.4, 0.5) is 0 Å². The van der Waals surface area contributed by atoms with Crippen molar-refractivity contribution in [3.05, 3.63) is 23.8 Å². The van der Waals surface area contributed by atoms with E-state index in [1.807, 2.05) is 0 Å². The Hall–Kier alpha value is -1.59. The number of ketones is 1. The number of benzene rings is 1. The van der Waals surface area contributed by atoms with Crippen LogP contribution >= 0.6 is 0 Å². The molecule has 0 amide bonds. The molecule has 1 aromatic carbocycles. The molecule has 5 atom stereocenters. The van der Waals surface area contributed by atoms with Gasteiger partial charge in [0.25, 0.3) is 0 Å². The monoisotopic (exact) mass is 442 g/mol. The summed E-state index contributed by atoms with van der Waals surface area (Å²) in [6.07, 6.45) is 4.64. The van der Waals surface area contributed by atoms with Gasteiger partial charge in [0.1, 0.15) is 11.5 Å². The van der Waals surface area contributed by atoms with Crippen LogP contribution in [0.25, 0.3) is 0 Å². The third-order valence-electron chi connectivity index (χ3n) is 9.35. The predicted molar refractivity (Wildman–Crippen MR) is 128 cm³/mol. The average Bonchev–Trinajstić information content (AvgIpc) is 2.70. The molecule has 1 saturated heterocycles. The van der Waals surface area contributed by atoms with Gasteiger partial charge in [-0.15, -0.1) is 0 Å². The fraction of sp³-hybridized carbons (Fsp3) is 0.741. The van der Waals surface area contributed by atoms with Crippen LogP contribution in [0.2, 0.25) is 0 Å². The summed E-state index contributed by atoms with van der Waals surface area (Å²) in [6.45, 7) is 14.9. The number of carbonyl (C=O) groups is 1. The highest BCUT2D eigenvalue weighted by Gasteiger charge is 2.58. The molecule has 0 aromatic heterocycles. The molecule has 32 heavy (non-hydrogen) atoms. The van der Waals surface area contributed by atoms with Crippen molar-refractivity contribution in [1.29, 1.82) is 0 Å². The molecule has 4 rings (SSSR count). The van der Waals surface area contributed by atoms with E-state index in [0.29, 0.717) is 17.4 Å². The van der Waals surface area contributed by atoms with Crippen LogP contribution in [0.3, 0.4) is 0 Å². The van der Waals surface area contributed by atoms with E-state index in [1.54, 1.807) is 0 Å². The largest absolute Gasteiger partial charge is 0.508 e. The maximum absolute atomic E-state index is 14.0. The second-order valence-electron chi connectivity index (χ2n) is 11.9. The molecule has 5 heteroatoms. The van der Waals surface area contributed by atoms with Gasteiger partial charge in [-0.3, -0.25) is 4.79 Å². The van der Waals surface area contributed by atoms with Gasteiger partial charge in [0, 0.05) is 50.3 Å². The number of piperazine rings is 1. The van der Waals surface area contributed by atoms with Crippen molar-refractivity contribution in [3.8, 4) is 11.5 Å². The van der Waals surface area contributed by atoms with Crippen molar-refractivity contribution in [2.24, 2.45) is 34.5 Å². The van der Waals surface area contributed by atoms with Crippen molar-refractivity contribution in [3.63, 3.8) is 0 Å². The van der Waals surface area contributed by atoms with Gasteiger partial charge in [0.05, 0.1) is 0 Å². The molecule has 0 radical (unpaired) electrons. The van der Waals surface area contributed by atoms with Gasteiger partial charge in [0.15, 0.2) is 5.78 Å². The lowest BCUT2D eigenvalue weighted by Gasteiger charge is -2.61. The number of fused-ring (bicyclic) bond motifs is 1. The van der Waals surface area contributed by atoms with E-state index in [1.165, 1.54) is 31.0 Å². The van der Waals surface area contributed by atoms with Crippen LogP contribution in [0.15, 0.2) is 18.2 Å². The Bertz CT molecular complexity index is 825. The standard InChI is InChI=1S/C27H42N2O3/c1-18-20(17-29-11-9-28(5)10-12-29)15-23-26(2,3)7-6-8-27(23,4)24(18)25(32)19-13-21(30)16-22(31)14-19/h13-14,16,18,20,23-24,30-31H,6-12,15,17H2,1-5H3/t18-,20+,23-,24+,27+/m0/s1. The van der Waals surface area contributed by atoms with Crippen LogP contribution in [0.5, 0.6) is 11.5 Å². The SMILES string of the molecule is C[C@H]1[C@@H](CN2CCN(C)CC2)C[C@H]2C(C)(C)CCC[C@@]2(C)[C@H]1C(=O)c1cc(O)cc(O)c1. The van der Waals surface area contributed by atoms with Gasteiger partial charge in [-0.05, 0) is 67.0 Å². The van der Waals surface area contributed by atoms with Crippen LogP contribution in [-0.4, -0.2) is 65.6 Å². The number of likely N-dealkylation sites (N-methyl/N-ethyl adjacent to an activating group) is 1. The lowest BCUT2D eigenvalue weighted by atomic mass is 9.44. The zero-order chi connectivity index (χ0) is 23.3. The fourth-order valence-corrected chi connectivity index (χ4v) is 7.57. The molecule has 0 unspecified atom stereocenters. The molecule has 178 valence electrons. The zero-order valence-electron chi connectivity index (χ0n) is 20.6. The molecule has 0 spiro atoms. The second kappa shape index (κ2) is 8.64. The Morgan fingerprint density at radius 1 is 1.03 bits per heavy atom. The molecule has 2 saturated carbocycles. The van der Waals surface area contributed by atoms with Crippen LogP contribution < -0.4 is 0 Å². The third-order valence-corrected chi connectivity index (χ3v) is 9.35. The smallest absolute Gasteiger partial charge is 0.167 e. The van der Waals surface area contributed by atoms with Crippen LogP contribution in [0.1, 0.15) is 63.7 Å². The van der Waals surface area contributed by atoms with Gasteiger partial charge >= 0.3 is 0 Å². The molecule has 2 N–H and O–H groups in total. The molecule has 1 aliphatic heterocycles. The predicted octanol–water partition coefficient (Wildman–Crippen LogP) is 4.63. The number of Topliss-reactive ketones (excluding diaryl/α,β-unsaturated/α-hetero) is 1. The summed E-state index contributed by atoms with van der Waals surface area (Å²) in [5, 5.41) is 20.1. The maximum atomic E-state index is 14.0. The van der Waals surface area contributed by atoms with Gasteiger partial charge < -0.3 is 20.0 Å². The van der Waals surface area contributed by atoms with Crippen LogP contribution in [-0.2, 0) is 0 Å². The Labute approximate surface area is 193 Å². The number of hydrogen-bond donors (Lipinski definition) is 2. The summed E-state index contributed by atoms with van der Waals surface area (Å²) >= 11 is 0. The minimum absolute atomic E-state index is 0.0449. The number of rotatable bonds is 4. The number of phenols is 2. The van der Waals surface area contributed by atoms with E-state index in [-0.39, 0.29) is 39.9 Å². The molecular formula is C27H42N2O3. The molecule has 3 fully saturated rings. The lowest BCUT2D eigenvalue weighted by Crippen LogP contribution is -2.58. The maximum Gasteiger partial charge on any atom is 0.167 e. The Morgan fingerprint density at radius 2 is 1.66 bits per heavy atom. The number of hydrogen-bond acceptors (Lipinski definition) is 5. The summed E-state index contributed by atoms with van der Waals surface area (Å²) in [4.78, 5) is 19.0. The number of nitrogens with zero attached hydrogens (tertiary/aromatic N) is 2. The topological polar surface area (TPSA) is 64.0 Å². The normalized spacial score (nSPS) is 35.9. The number of phenolic OH excluding ortho intramolecular Hbond substituents is 2. The summed E-state index contributed by atoms with van der Waals surface area (Å²) in [5.74, 6) is 1.15. The minimum Gasteiger partial charge on any atom is -0.508 e. The van der Waals surface area contributed by atoms with E-state index in [0.717, 1.165) is 45.6 Å². The van der Waals surface area contributed by atoms with Crippen molar-refractivity contribution in [2.45, 2.75) is 53.4 Å². The summed E-state index contributed by atoms with van der Waals surface area (Å²) in [5.41, 5.74) is 0.605. The quantitative estimate of drug-likeness (QED) is 0.666. The van der Waals surface area contributed by atoms with Gasteiger partial charge in [-0.25, -0.2) is 0 Å².